The van der Waals surface area contributed by atoms with E-state index in [4.69, 9.17) is 4.74 Å². The number of esters is 1. The molecule has 0 aromatic rings. The van der Waals surface area contributed by atoms with Crippen molar-refractivity contribution in [3.05, 3.63) is 0 Å². The molecule has 3 nitrogen and oxygen atoms in total. The van der Waals surface area contributed by atoms with Crippen LogP contribution < -0.4 is 5.32 Å². The molecule has 0 bridgehead atoms. The van der Waals surface area contributed by atoms with Crippen molar-refractivity contribution in [2.24, 2.45) is 11.8 Å². The fourth-order valence-corrected chi connectivity index (χ4v) is 2.50. The summed E-state index contributed by atoms with van der Waals surface area (Å²) in [6.07, 6.45) is 4.96. The first-order valence-corrected chi connectivity index (χ1v) is 6.38. The summed E-state index contributed by atoms with van der Waals surface area (Å²) in [7, 11) is 1.46. The number of ether oxygens (including phenoxy) is 1. The highest BCUT2D eigenvalue weighted by Gasteiger charge is 2.27. The summed E-state index contributed by atoms with van der Waals surface area (Å²) >= 11 is 0. The highest BCUT2D eigenvalue weighted by atomic mass is 16.5. The topological polar surface area (TPSA) is 38.3 Å². The highest BCUT2D eigenvalue weighted by molar-refractivity contribution is 5.75. The molecule has 94 valence electrons. The van der Waals surface area contributed by atoms with E-state index in [1.165, 1.54) is 32.8 Å². The number of carbonyl (C=O) groups is 1. The van der Waals surface area contributed by atoms with E-state index in [-0.39, 0.29) is 17.9 Å². The molecule has 0 radical (unpaired) electrons. The molecule has 0 saturated heterocycles. The standard InChI is InChI=1S/C13H25NO2/c1-9(2)12(13(15)16-4)14-11-7-5-6-10(3)8-11/h9-12,14H,5-8H2,1-4H3/t10?,11?,12-/m0/s1. The summed E-state index contributed by atoms with van der Waals surface area (Å²) in [5.41, 5.74) is 0. The Hall–Kier alpha value is -0.570. The van der Waals surface area contributed by atoms with Crippen LogP contribution in [-0.2, 0) is 9.53 Å². The molecule has 1 saturated carbocycles. The molecule has 1 aliphatic carbocycles. The molecule has 0 spiro atoms. The van der Waals surface area contributed by atoms with E-state index in [1.54, 1.807) is 0 Å². The third kappa shape index (κ3) is 3.78. The van der Waals surface area contributed by atoms with Gasteiger partial charge in [-0.25, -0.2) is 0 Å². The maximum Gasteiger partial charge on any atom is 0.323 e. The van der Waals surface area contributed by atoms with Crippen LogP contribution >= 0.6 is 0 Å². The van der Waals surface area contributed by atoms with E-state index >= 15 is 0 Å². The second-order valence-electron chi connectivity index (χ2n) is 5.38. The highest BCUT2D eigenvalue weighted by Crippen LogP contribution is 2.24. The predicted molar refractivity (Wildman–Crippen MR) is 65.2 cm³/mol. The molecule has 1 fully saturated rings. The fraction of sp³-hybridized carbons (Fsp3) is 0.923. The smallest absolute Gasteiger partial charge is 0.323 e. The molecule has 0 amide bonds. The Balaban J connectivity index is 2.50. The van der Waals surface area contributed by atoms with Gasteiger partial charge in [-0.2, -0.15) is 0 Å². The second-order valence-corrected chi connectivity index (χ2v) is 5.38. The molecular formula is C13H25NO2. The van der Waals surface area contributed by atoms with Crippen molar-refractivity contribution in [2.45, 2.75) is 58.5 Å². The second kappa shape index (κ2) is 6.24. The van der Waals surface area contributed by atoms with Gasteiger partial charge in [0.05, 0.1) is 7.11 Å². The monoisotopic (exact) mass is 227 g/mol. The maximum absolute atomic E-state index is 11.6. The van der Waals surface area contributed by atoms with Crippen molar-refractivity contribution in [2.75, 3.05) is 7.11 Å². The fourth-order valence-electron chi connectivity index (χ4n) is 2.50. The molecule has 16 heavy (non-hydrogen) atoms. The minimum atomic E-state index is -0.153. The van der Waals surface area contributed by atoms with Gasteiger partial charge in [-0.3, -0.25) is 4.79 Å². The minimum Gasteiger partial charge on any atom is -0.468 e. The van der Waals surface area contributed by atoms with Crippen LogP contribution in [0.3, 0.4) is 0 Å². The molecule has 0 heterocycles. The van der Waals surface area contributed by atoms with Gasteiger partial charge >= 0.3 is 5.97 Å². The van der Waals surface area contributed by atoms with Crippen molar-refractivity contribution in [1.82, 2.24) is 5.32 Å². The summed E-state index contributed by atoms with van der Waals surface area (Å²) in [4.78, 5) is 11.6. The van der Waals surface area contributed by atoms with Crippen LogP contribution in [-0.4, -0.2) is 25.2 Å². The molecule has 2 unspecified atom stereocenters. The lowest BCUT2D eigenvalue weighted by atomic mass is 9.86. The lowest BCUT2D eigenvalue weighted by molar-refractivity contribution is -0.144. The lowest BCUT2D eigenvalue weighted by Crippen LogP contribution is -2.48. The van der Waals surface area contributed by atoms with Crippen LogP contribution in [0.5, 0.6) is 0 Å². The van der Waals surface area contributed by atoms with Crippen LogP contribution in [0, 0.1) is 11.8 Å². The van der Waals surface area contributed by atoms with Crippen LogP contribution in [0.2, 0.25) is 0 Å². The van der Waals surface area contributed by atoms with E-state index in [1.807, 2.05) is 0 Å². The zero-order valence-electron chi connectivity index (χ0n) is 11.0. The third-order valence-corrected chi connectivity index (χ3v) is 3.47. The van der Waals surface area contributed by atoms with Crippen LogP contribution in [0.25, 0.3) is 0 Å². The van der Waals surface area contributed by atoms with Crippen molar-refractivity contribution >= 4 is 5.97 Å². The van der Waals surface area contributed by atoms with Crippen molar-refractivity contribution in [3.63, 3.8) is 0 Å². The summed E-state index contributed by atoms with van der Waals surface area (Å²) in [6, 6.07) is 0.329. The van der Waals surface area contributed by atoms with Gasteiger partial charge in [0.2, 0.25) is 0 Å². The van der Waals surface area contributed by atoms with Gasteiger partial charge in [0.1, 0.15) is 6.04 Å². The largest absolute Gasteiger partial charge is 0.468 e. The Kier molecular flexibility index (Phi) is 5.26. The van der Waals surface area contributed by atoms with E-state index in [0.717, 1.165) is 5.92 Å². The molecule has 1 aliphatic rings. The van der Waals surface area contributed by atoms with Gasteiger partial charge in [-0.05, 0) is 24.7 Å². The number of hydrogen-bond donors (Lipinski definition) is 1. The summed E-state index contributed by atoms with van der Waals surface area (Å²) < 4.78 is 4.84. The van der Waals surface area contributed by atoms with Gasteiger partial charge in [0, 0.05) is 6.04 Å². The number of methoxy groups -OCH3 is 1. The predicted octanol–water partition coefficient (Wildman–Crippen LogP) is 2.35. The molecule has 0 aromatic heterocycles. The normalized spacial score (nSPS) is 27.8. The third-order valence-electron chi connectivity index (χ3n) is 3.47. The van der Waals surface area contributed by atoms with E-state index < -0.39 is 0 Å². The van der Waals surface area contributed by atoms with Gasteiger partial charge < -0.3 is 10.1 Å². The quantitative estimate of drug-likeness (QED) is 0.749. The Bertz CT molecular complexity index is 228. The molecule has 3 atom stereocenters. The summed E-state index contributed by atoms with van der Waals surface area (Å²) in [5.74, 6) is 0.926. The molecule has 0 aliphatic heterocycles. The Morgan fingerprint density at radius 1 is 1.38 bits per heavy atom. The molecule has 1 N–H and O–H groups in total. The van der Waals surface area contributed by atoms with Crippen LogP contribution in [0.15, 0.2) is 0 Å². The summed E-state index contributed by atoms with van der Waals surface area (Å²) in [5, 5.41) is 3.46. The average Bonchev–Trinajstić information content (AvgIpc) is 2.24. The SMILES string of the molecule is COC(=O)[C@@H](NC1CCCC(C)C1)C(C)C. The molecule has 0 aromatic carbocycles. The zero-order valence-corrected chi connectivity index (χ0v) is 11.0. The van der Waals surface area contributed by atoms with Crippen molar-refractivity contribution in [3.8, 4) is 0 Å². The van der Waals surface area contributed by atoms with Crippen LogP contribution in [0.4, 0.5) is 0 Å². The average molecular weight is 227 g/mol. The minimum absolute atomic E-state index is 0.131. The van der Waals surface area contributed by atoms with Gasteiger partial charge in [0.25, 0.3) is 0 Å². The molecular weight excluding hydrogens is 202 g/mol. The van der Waals surface area contributed by atoms with Gasteiger partial charge in [0.15, 0.2) is 0 Å². The summed E-state index contributed by atoms with van der Waals surface area (Å²) in [6.45, 7) is 6.40. The molecule has 3 heteroatoms. The van der Waals surface area contributed by atoms with Gasteiger partial charge in [-0.15, -0.1) is 0 Å². The van der Waals surface area contributed by atoms with Crippen molar-refractivity contribution in [1.29, 1.82) is 0 Å². The Labute approximate surface area is 98.9 Å². The van der Waals surface area contributed by atoms with Gasteiger partial charge in [-0.1, -0.05) is 33.6 Å². The number of nitrogens with one attached hydrogen (secondary N) is 1. The van der Waals surface area contributed by atoms with E-state index in [2.05, 4.69) is 26.1 Å². The van der Waals surface area contributed by atoms with Crippen molar-refractivity contribution < 1.29 is 9.53 Å². The molecule has 1 rings (SSSR count). The zero-order chi connectivity index (χ0) is 12.1. The van der Waals surface area contributed by atoms with E-state index in [9.17, 15) is 4.79 Å². The number of carbonyl (C=O) groups excluding carboxylic acids is 1. The Morgan fingerprint density at radius 2 is 2.06 bits per heavy atom. The first kappa shape index (κ1) is 13.5. The maximum atomic E-state index is 11.6. The van der Waals surface area contributed by atoms with Crippen LogP contribution in [0.1, 0.15) is 46.5 Å². The first-order chi connectivity index (χ1) is 7.54. The number of hydrogen-bond acceptors (Lipinski definition) is 3. The number of rotatable bonds is 4. The Morgan fingerprint density at radius 3 is 2.56 bits per heavy atom. The lowest BCUT2D eigenvalue weighted by Gasteiger charge is -2.31. The first-order valence-electron chi connectivity index (χ1n) is 6.38. The van der Waals surface area contributed by atoms with E-state index in [0.29, 0.717) is 6.04 Å².